The molecule has 2 aromatic carbocycles. The quantitative estimate of drug-likeness (QED) is 0.267. The fraction of sp³-hybridized carbons (Fsp3) is 0.0769. The number of anilines is 2. The van der Waals surface area contributed by atoms with Crippen molar-refractivity contribution in [3.05, 3.63) is 84.3 Å². The van der Waals surface area contributed by atoms with Gasteiger partial charge in [0.25, 0.3) is 18.1 Å². The van der Waals surface area contributed by atoms with E-state index in [1.165, 1.54) is 30.4 Å². The summed E-state index contributed by atoms with van der Waals surface area (Å²) in [4.78, 5) is 25.8. The highest BCUT2D eigenvalue weighted by Gasteiger charge is 2.22. The number of amides is 1. The number of fused-ring (bicyclic) bond motifs is 2. The third-order valence-electron chi connectivity index (χ3n) is 6.29. The number of nitrogen functional groups attached to an aromatic ring is 1. The van der Waals surface area contributed by atoms with Crippen molar-refractivity contribution in [2.75, 3.05) is 18.2 Å². The molecule has 12 nitrogen and oxygen atoms in total. The summed E-state index contributed by atoms with van der Waals surface area (Å²) in [7, 11) is 3.37. The predicted octanol–water partition coefficient (Wildman–Crippen LogP) is 2.85. The number of nitrogens with zero attached hydrogens (tertiary/aromatic N) is 7. The Bertz CT molecular complexity index is 1840. The molecule has 4 heterocycles. The second kappa shape index (κ2) is 8.85. The number of rotatable bonds is 5. The van der Waals surface area contributed by atoms with Gasteiger partial charge < -0.3 is 25.6 Å². The number of aromatic nitrogens is 7. The van der Waals surface area contributed by atoms with Crippen molar-refractivity contribution in [3.63, 3.8) is 0 Å². The number of carbonyl (C=O) groups excluding carboxylic acids is 1. The van der Waals surface area contributed by atoms with Crippen molar-refractivity contribution < 1.29 is 14.3 Å². The number of nitrogens with one attached hydrogen (secondary N) is 1. The van der Waals surface area contributed by atoms with E-state index in [0.717, 1.165) is 17.2 Å². The number of ether oxygens (including phenoxy) is 1. The number of para-hydroxylation sites is 1. The van der Waals surface area contributed by atoms with Crippen LogP contribution in [0, 0.1) is 5.21 Å². The topological polar surface area (TPSA) is 153 Å². The number of aryl methyl sites for hydroxylation is 1. The molecule has 0 aliphatic carbocycles. The summed E-state index contributed by atoms with van der Waals surface area (Å²) >= 11 is 0. The first-order chi connectivity index (χ1) is 18.4. The lowest BCUT2D eigenvalue weighted by Gasteiger charge is -2.12. The van der Waals surface area contributed by atoms with Crippen molar-refractivity contribution in [3.8, 4) is 22.8 Å². The van der Waals surface area contributed by atoms with Gasteiger partial charge in [0.1, 0.15) is 29.3 Å². The molecule has 4 aromatic heterocycles. The van der Waals surface area contributed by atoms with Crippen LogP contribution in [0.5, 0.6) is 5.75 Å². The minimum atomic E-state index is -0.270. The zero-order chi connectivity index (χ0) is 26.4. The highest BCUT2D eigenvalue weighted by molar-refractivity contribution is 6.07. The van der Waals surface area contributed by atoms with E-state index in [1.807, 2.05) is 41.9 Å². The fourth-order valence-corrected chi connectivity index (χ4v) is 4.43. The minimum Gasteiger partial charge on any atom is -0.711 e. The maximum Gasteiger partial charge on any atom is 0.291 e. The zero-order valence-corrected chi connectivity index (χ0v) is 20.4. The van der Waals surface area contributed by atoms with Gasteiger partial charge in [-0.3, -0.25) is 4.79 Å². The summed E-state index contributed by atoms with van der Waals surface area (Å²) in [5.74, 6) is 0.779. The molecule has 6 rings (SSSR count). The average molecular weight is 508 g/mol. The molecule has 0 spiro atoms. The van der Waals surface area contributed by atoms with Crippen LogP contribution in [0.15, 0.2) is 73.4 Å². The third-order valence-corrected chi connectivity index (χ3v) is 6.29. The molecule has 38 heavy (non-hydrogen) atoms. The number of benzene rings is 2. The Labute approximate surface area is 215 Å². The van der Waals surface area contributed by atoms with Crippen molar-refractivity contribution in [1.82, 2.24) is 29.3 Å². The second-order valence-corrected chi connectivity index (χ2v) is 8.51. The van der Waals surface area contributed by atoms with Crippen LogP contribution in [0.3, 0.4) is 0 Å². The third kappa shape index (κ3) is 3.71. The first-order valence-electron chi connectivity index (χ1n) is 11.5. The van der Waals surface area contributed by atoms with Crippen molar-refractivity contribution in [1.29, 1.82) is 0 Å². The van der Waals surface area contributed by atoms with E-state index in [4.69, 9.17) is 10.5 Å². The van der Waals surface area contributed by atoms with E-state index in [1.54, 1.807) is 18.2 Å². The van der Waals surface area contributed by atoms with Gasteiger partial charge in [-0.1, -0.05) is 24.3 Å². The number of hydrogen-bond donors (Lipinski definition) is 2. The highest BCUT2D eigenvalue weighted by Crippen LogP contribution is 2.36. The molecule has 6 aromatic rings. The standard InChI is InChI=1S/C26H21N9O3/c1-33-18-6-4-3-5-15(18)11-19(33)26(36)31-17-8-7-16(12-20(17)38-2)23-22-24(27)28-13-29-25(22)35(32-23)21-9-10-34(37)14-30-21/h3-14H,1-2H3,(H,31,36)(H2,27,28,29). The van der Waals surface area contributed by atoms with Crippen LogP contribution in [0.4, 0.5) is 11.5 Å². The average Bonchev–Trinajstić information content (AvgIpc) is 3.49. The Balaban J connectivity index is 1.40. The Morgan fingerprint density at radius 2 is 1.95 bits per heavy atom. The molecule has 188 valence electrons. The molecule has 0 fully saturated rings. The van der Waals surface area contributed by atoms with Crippen molar-refractivity contribution >= 4 is 39.3 Å². The Kier molecular flexibility index (Phi) is 5.34. The molecule has 0 atom stereocenters. The van der Waals surface area contributed by atoms with Gasteiger partial charge in [0.15, 0.2) is 5.65 Å². The van der Waals surface area contributed by atoms with Gasteiger partial charge in [0.2, 0.25) is 0 Å². The van der Waals surface area contributed by atoms with Crippen LogP contribution in [0.2, 0.25) is 0 Å². The monoisotopic (exact) mass is 507 g/mol. The van der Waals surface area contributed by atoms with E-state index in [0.29, 0.717) is 50.0 Å². The predicted molar refractivity (Wildman–Crippen MR) is 141 cm³/mol. The van der Waals surface area contributed by atoms with Crippen LogP contribution < -0.4 is 20.5 Å². The molecular weight excluding hydrogens is 486 g/mol. The number of carbonyl (C=O) groups is 1. The number of nitrogens with two attached hydrogens (primary N) is 1. The molecule has 0 aliphatic rings. The normalized spacial score (nSPS) is 11.2. The van der Waals surface area contributed by atoms with E-state index in [-0.39, 0.29) is 11.7 Å². The first-order valence-corrected chi connectivity index (χ1v) is 11.5. The van der Waals surface area contributed by atoms with Gasteiger partial charge in [-0.2, -0.15) is 9.78 Å². The molecule has 3 N–H and O–H groups in total. The van der Waals surface area contributed by atoms with Gasteiger partial charge in [0, 0.05) is 29.6 Å². The van der Waals surface area contributed by atoms with Crippen molar-refractivity contribution in [2.24, 2.45) is 7.05 Å². The number of methoxy groups -OCH3 is 1. The van der Waals surface area contributed by atoms with Crippen LogP contribution in [0.25, 0.3) is 39.0 Å². The van der Waals surface area contributed by atoms with E-state index in [2.05, 4.69) is 25.4 Å². The van der Waals surface area contributed by atoms with E-state index < -0.39 is 0 Å². The van der Waals surface area contributed by atoms with Gasteiger partial charge in [-0.15, -0.1) is 0 Å². The Morgan fingerprint density at radius 1 is 1.11 bits per heavy atom. The second-order valence-electron chi connectivity index (χ2n) is 8.51. The first kappa shape index (κ1) is 22.9. The summed E-state index contributed by atoms with van der Waals surface area (Å²) in [5.41, 5.74) is 9.75. The van der Waals surface area contributed by atoms with Crippen LogP contribution in [-0.4, -0.2) is 42.3 Å². The summed E-state index contributed by atoms with van der Waals surface area (Å²) in [6, 6.07) is 16.4. The largest absolute Gasteiger partial charge is 0.711 e. The van der Waals surface area contributed by atoms with Crippen molar-refractivity contribution in [2.45, 2.75) is 0 Å². The molecule has 0 saturated carbocycles. The molecule has 0 bridgehead atoms. The molecule has 0 aliphatic heterocycles. The fourth-order valence-electron chi connectivity index (χ4n) is 4.43. The lowest BCUT2D eigenvalue weighted by atomic mass is 10.1. The highest BCUT2D eigenvalue weighted by atomic mass is 16.5. The van der Waals surface area contributed by atoms with E-state index >= 15 is 0 Å². The summed E-state index contributed by atoms with van der Waals surface area (Å²) in [6.45, 7) is 0. The van der Waals surface area contributed by atoms with Crippen LogP contribution >= 0.6 is 0 Å². The molecule has 0 unspecified atom stereocenters. The smallest absolute Gasteiger partial charge is 0.291 e. The maximum absolute atomic E-state index is 13.2. The van der Waals surface area contributed by atoms with Gasteiger partial charge in [-0.05, 0) is 29.2 Å². The lowest BCUT2D eigenvalue weighted by Crippen LogP contribution is -2.25. The molecule has 12 heteroatoms. The Morgan fingerprint density at radius 3 is 2.71 bits per heavy atom. The summed E-state index contributed by atoms with van der Waals surface area (Å²) < 4.78 is 9.53. The van der Waals surface area contributed by atoms with Gasteiger partial charge >= 0.3 is 0 Å². The Hall–Kier alpha value is -5.52. The minimum absolute atomic E-state index is 0.234. The molecule has 0 saturated heterocycles. The summed E-state index contributed by atoms with van der Waals surface area (Å²) in [6.07, 6.45) is 3.78. The summed E-state index contributed by atoms with van der Waals surface area (Å²) in [5, 5.41) is 20.6. The maximum atomic E-state index is 13.2. The molecular formula is C26H21N9O3. The lowest BCUT2D eigenvalue weighted by molar-refractivity contribution is -0.608. The number of hydrogen-bond acceptors (Lipinski definition) is 8. The van der Waals surface area contributed by atoms with Crippen LogP contribution in [0.1, 0.15) is 10.5 Å². The van der Waals surface area contributed by atoms with E-state index in [9.17, 15) is 10.0 Å². The molecule has 1 amide bonds. The zero-order valence-electron chi connectivity index (χ0n) is 20.4. The van der Waals surface area contributed by atoms with Gasteiger partial charge in [0.05, 0.1) is 24.4 Å². The van der Waals surface area contributed by atoms with Crippen LogP contribution in [-0.2, 0) is 7.05 Å². The molecule has 0 radical (unpaired) electrons. The SMILES string of the molecule is COc1cc(-c2nn(-c3cc[n+]([O-])cn3)c3ncnc(N)c23)ccc1NC(=O)c1cc2ccccc2n1C. The van der Waals surface area contributed by atoms with Gasteiger partial charge in [-0.25, -0.2) is 14.7 Å².